The van der Waals surface area contributed by atoms with Gasteiger partial charge in [0.25, 0.3) is 6.29 Å². The molecule has 9 nitrogen and oxygen atoms in total. The van der Waals surface area contributed by atoms with E-state index in [1.165, 1.54) is 218 Å². The summed E-state index contributed by atoms with van der Waals surface area (Å²) >= 11 is 0. The molecule has 0 saturated heterocycles. The summed E-state index contributed by atoms with van der Waals surface area (Å²) < 4.78 is 23.0. The van der Waals surface area contributed by atoms with Crippen molar-refractivity contribution in [3.8, 4) is 0 Å². The molecule has 0 aromatic heterocycles. The molecule has 0 aliphatic rings. The van der Waals surface area contributed by atoms with Crippen LogP contribution in [0.15, 0.2) is 134 Å². The Balaban J connectivity index is 4.02. The summed E-state index contributed by atoms with van der Waals surface area (Å²) in [4.78, 5) is 37.8. The molecule has 0 aromatic carbocycles. The first kappa shape index (κ1) is 94.4. The van der Waals surface area contributed by atoms with Crippen molar-refractivity contribution in [1.29, 1.82) is 0 Å². The second kappa shape index (κ2) is 79.1. The van der Waals surface area contributed by atoms with Gasteiger partial charge in [-0.05, 0) is 116 Å². The van der Waals surface area contributed by atoms with E-state index in [4.69, 9.17) is 18.9 Å². The highest BCUT2D eigenvalue weighted by atomic mass is 16.7. The van der Waals surface area contributed by atoms with E-state index < -0.39 is 24.3 Å². The number of carbonyl (C=O) groups excluding carboxylic acids is 2. The molecule has 1 N–H and O–H groups in total. The van der Waals surface area contributed by atoms with Crippen LogP contribution in [0.4, 0.5) is 0 Å². The van der Waals surface area contributed by atoms with Crippen LogP contribution >= 0.6 is 0 Å². The quantitative estimate of drug-likeness (QED) is 0.0211. The Bertz CT molecular complexity index is 2100. The highest BCUT2D eigenvalue weighted by molar-refractivity contribution is 5.71. The molecule has 2 atom stereocenters. The van der Waals surface area contributed by atoms with Crippen LogP contribution in [-0.4, -0.2) is 87.4 Å². The number of quaternary nitrogens is 1. The number of nitrogens with zero attached hydrogens (tertiary/aromatic N) is 1. The van der Waals surface area contributed by atoms with Crippen LogP contribution in [0, 0.1) is 0 Å². The number of ether oxygens (including phenoxy) is 4. The van der Waals surface area contributed by atoms with Crippen molar-refractivity contribution in [3.63, 3.8) is 0 Å². The second-order valence-corrected chi connectivity index (χ2v) is 28.7. The minimum absolute atomic E-state index is 0.182. The zero-order valence-electron chi connectivity index (χ0n) is 65.1. The first-order valence-corrected chi connectivity index (χ1v) is 41.3. The molecule has 0 bridgehead atoms. The summed E-state index contributed by atoms with van der Waals surface area (Å²) in [6.45, 7) is 4.77. The van der Waals surface area contributed by atoms with Gasteiger partial charge in [0.15, 0.2) is 6.10 Å². The minimum Gasteiger partial charge on any atom is -0.477 e. The first-order valence-electron chi connectivity index (χ1n) is 41.3. The molecule has 0 amide bonds. The Morgan fingerprint density at radius 1 is 0.313 bits per heavy atom. The lowest BCUT2D eigenvalue weighted by atomic mass is 10.0. The molecule has 0 saturated carbocycles. The van der Waals surface area contributed by atoms with E-state index in [1.807, 2.05) is 21.1 Å². The fourth-order valence-electron chi connectivity index (χ4n) is 11.6. The largest absolute Gasteiger partial charge is 0.477 e. The summed E-state index contributed by atoms with van der Waals surface area (Å²) in [7, 11) is 5.98. The normalized spacial score (nSPS) is 13.3. The van der Waals surface area contributed by atoms with Gasteiger partial charge in [0.1, 0.15) is 13.2 Å². The maximum Gasteiger partial charge on any atom is 0.361 e. The molecule has 0 heterocycles. The van der Waals surface area contributed by atoms with Gasteiger partial charge in [-0.2, -0.15) is 0 Å². The molecule has 0 aliphatic heterocycles. The summed E-state index contributed by atoms with van der Waals surface area (Å²) in [6.07, 6.45) is 112. The average molecular weight is 1380 g/mol. The predicted molar refractivity (Wildman–Crippen MR) is 428 cm³/mol. The van der Waals surface area contributed by atoms with Crippen LogP contribution in [0.3, 0.4) is 0 Å². The van der Waals surface area contributed by atoms with Crippen molar-refractivity contribution in [2.45, 2.75) is 373 Å². The predicted octanol–water partition coefficient (Wildman–Crippen LogP) is 26.8. The highest BCUT2D eigenvalue weighted by Crippen LogP contribution is 2.19. The lowest BCUT2D eigenvalue weighted by Crippen LogP contribution is -2.40. The van der Waals surface area contributed by atoms with Crippen molar-refractivity contribution in [3.05, 3.63) is 134 Å². The molecule has 568 valence electrons. The molecule has 0 aliphatic carbocycles. The molecular weight excluding hydrogens is 1220 g/mol. The number of allylic oxidation sites excluding steroid dienone is 22. The number of esters is 2. The number of rotatable bonds is 76. The van der Waals surface area contributed by atoms with Crippen molar-refractivity contribution in [1.82, 2.24) is 0 Å². The number of aliphatic carboxylic acids is 1. The summed E-state index contributed by atoms with van der Waals surface area (Å²) in [5, 5.41) is 9.78. The van der Waals surface area contributed by atoms with Crippen molar-refractivity contribution < 1.29 is 42.9 Å². The number of carboxylic acid groups (broad SMARTS) is 1. The number of unbranched alkanes of at least 4 members (excludes halogenated alkanes) is 39. The Morgan fingerprint density at radius 2 is 0.576 bits per heavy atom. The molecule has 0 rings (SSSR count). The molecule has 99 heavy (non-hydrogen) atoms. The van der Waals surface area contributed by atoms with Gasteiger partial charge in [0.2, 0.25) is 0 Å². The van der Waals surface area contributed by atoms with E-state index in [2.05, 4.69) is 148 Å². The van der Waals surface area contributed by atoms with E-state index in [-0.39, 0.29) is 32.2 Å². The maximum atomic E-state index is 13.0. The number of hydrogen-bond acceptors (Lipinski definition) is 7. The third kappa shape index (κ3) is 80.6. The first-order chi connectivity index (χ1) is 48.6. The van der Waals surface area contributed by atoms with Crippen molar-refractivity contribution >= 4 is 17.9 Å². The van der Waals surface area contributed by atoms with Gasteiger partial charge in [-0.1, -0.05) is 366 Å². The van der Waals surface area contributed by atoms with Crippen LogP contribution < -0.4 is 0 Å². The van der Waals surface area contributed by atoms with Crippen LogP contribution in [0.2, 0.25) is 0 Å². The zero-order chi connectivity index (χ0) is 71.8. The SMILES string of the molecule is CC/C=C\C/C=C\C/C=C\C/C=C\C/C=C\C/C=C\C/C=C\C/C=C\CCCCCCCCCCC(=O)OC(COC(=O)CCCCCCCCCCCCCCCCCCCCCCCCCCCC/C=C\C/C=C\C/C=C\CCCCCCC)COC(OCC[N+](C)(C)C)C(=O)O. The molecule has 9 heteroatoms. The number of carbonyl (C=O) groups is 3. The van der Waals surface area contributed by atoms with E-state index in [0.29, 0.717) is 23.9 Å². The Hall–Kier alpha value is -4.57. The number of likely N-dealkylation sites (N-methyl/N-ethyl adjacent to an activating group) is 1. The van der Waals surface area contributed by atoms with Crippen LogP contribution in [0.1, 0.15) is 361 Å². The fraction of sp³-hybridized carbons (Fsp3) is 0.722. The van der Waals surface area contributed by atoms with E-state index in [1.54, 1.807) is 0 Å². The smallest absolute Gasteiger partial charge is 0.361 e. The molecule has 0 aromatic rings. The van der Waals surface area contributed by atoms with Gasteiger partial charge in [0.05, 0.1) is 34.4 Å². The average Bonchev–Trinajstić information content (AvgIpc) is 1.57. The molecule has 0 fully saturated rings. The topological polar surface area (TPSA) is 108 Å². The van der Waals surface area contributed by atoms with Crippen LogP contribution in [-0.2, 0) is 33.3 Å². The van der Waals surface area contributed by atoms with Crippen molar-refractivity contribution in [2.24, 2.45) is 0 Å². The summed E-state index contributed by atoms with van der Waals surface area (Å²) in [5.74, 6) is -2.01. The Labute approximate surface area is 611 Å². The van der Waals surface area contributed by atoms with Gasteiger partial charge in [-0.15, -0.1) is 0 Å². The lowest BCUT2D eigenvalue weighted by Gasteiger charge is -2.25. The minimum atomic E-state index is -1.52. The molecular formula is C90H156NO8+. The maximum absolute atomic E-state index is 13.0. The van der Waals surface area contributed by atoms with Crippen molar-refractivity contribution in [2.75, 3.05) is 47.5 Å². The molecule has 2 unspecified atom stereocenters. The van der Waals surface area contributed by atoms with Crippen LogP contribution in [0.25, 0.3) is 0 Å². The van der Waals surface area contributed by atoms with Gasteiger partial charge < -0.3 is 28.5 Å². The fourth-order valence-corrected chi connectivity index (χ4v) is 11.6. The summed E-state index contributed by atoms with van der Waals surface area (Å²) in [6, 6.07) is 0. The van der Waals surface area contributed by atoms with E-state index in [9.17, 15) is 19.5 Å². The van der Waals surface area contributed by atoms with E-state index >= 15 is 0 Å². The third-order valence-corrected chi connectivity index (χ3v) is 17.9. The highest BCUT2D eigenvalue weighted by Gasteiger charge is 2.25. The third-order valence-electron chi connectivity index (χ3n) is 17.9. The number of carboxylic acids is 1. The zero-order valence-corrected chi connectivity index (χ0v) is 65.1. The van der Waals surface area contributed by atoms with Gasteiger partial charge >= 0.3 is 17.9 Å². The number of hydrogen-bond donors (Lipinski definition) is 1. The standard InChI is InChI=1S/C90H155NO8/c1-6-8-10-12-14-16-18-20-22-24-26-28-30-32-34-36-38-40-41-42-43-44-45-46-47-49-50-52-54-56-58-60-62-64-66-68-70-72-74-76-78-80-87(92)97-84-86(85-98-90(89(94)95)96-83-82-91(3,4)5)99-88(93)81-79-77-75-73-71-69-67-65-63-61-59-57-55-53-51-48-39-37-35-33-31-29-27-25-23-21-19-17-15-13-11-9-7-2/h9,11,15,17-18,20-21,23-24,26-27,29-30,32-33,35,39,48,53,55,59,61,86,90H,6-8,10,12-14,16,19,22,25,28,31,34,36-38,40-47,49-52,54,56-58,60,62-85H2,1-5H3/p+1/b11-9-,17-15-,20-18-,23-21-,26-24-,29-27-,32-30-,35-33-,48-39-,55-53-,61-59-. The Morgan fingerprint density at radius 3 is 0.859 bits per heavy atom. The van der Waals surface area contributed by atoms with Gasteiger partial charge in [-0.3, -0.25) is 9.59 Å². The van der Waals surface area contributed by atoms with E-state index in [0.717, 1.165) is 109 Å². The lowest BCUT2D eigenvalue weighted by molar-refractivity contribution is -0.870. The molecule has 0 radical (unpaired) electrons. The monoisotopic (exact) mass is 1380 g/mol. The van der Waals surface area contributed by atoms with Gasteiger partial charge in [-0.25, -0.2) is 4.79 Å². The Kier molecular flexibility index (Phi) is 75.5. The molecule has 0 spiro atoms. The summed E-state index contributed by atoms with van der Waals surface area (Å²) in [5.41, 5.74) is 0. The van der Waals surface area contributed by atoms with Crippen LogP contribution in [0.5, 0.6) is 0 Å². The van der Waals surface area contributed by atoms with Gasteiger partial charge in [0, 0.05) is 12.8 Å². The second-order valence-electron chi connectivity index (χ2n) is 28.7.